The van der Waals surface area contributed by atoms with Crippen LogP contribution in [0.15, 0.2) is 12.4 Å². The van der Waals surface area contributed by atoms with Crippen molar-refractivity contribution in [1.29, 1.82) is 0 Å². The van der Waals surface area contributed by atoms with Gasteiger partial charge in [-0.05, 0) is 31.1 Å². The second-order valence-corrected chi connectivity index (χ2v) is 5.50. The van der Waals surface area contributed by atoms with E-state index in [1.165, 1.54) is 32.1 Å². The molecule has 1 heterocycles. The van der Waals surface area contributed by atoms with E-state index in [0.717, 1.165) is 18.8 Å². The largest absolute Gasteiger partial charge is 0.334 e. The highest BCUT2D eigenvalue weighted by atomic mass is 15.3. The van der Waals surface area contributed by atoms with E-state index in [2.05, 4.69) is 35.0 Å². The van der Waals surface area contributed by atoms with Gasteiger partial charge >= 0.3 is 0 Å². The average molecular weight is 250 g/mol. The second kappa shape index (κ2) is 5.85. The van der Waals surface area contributed by atoms with Crippen LogP contribution in [0.5, 0.6) is 0 Å². The van der Waals surface area contributed by atoms with Crippen LogP contribution in [-0.4, -0.2) is 9.55 Å². The van der Waals surface area contributed by atoms with Crippen molar-refractivity contribution in [1.82, 2.24) is 15.0 Å². The minimum absolute atomic E-state index is 0.187. The Morgan fingerprint density at radius 2 is 2.17 bits per heavy atom. The highest BCUT2D eigenvalue weighted by molar-refractivity contribution is 5.07. The number of hydrazine groups is 1. The molecule has 0 saturated heterocycles. The molecule has 4 heteroatoms. The number of aryl methyl sites for hydroxylation is 1. The molecule has 2 rings (SSSR count). The third kappa shape index (κ3) is 2.31. The third-order valence-corrected chi connectivity index (χ3v) is 4.55. The summed E-state index contributed by atoms with van der Waals surface area (Å²) in [5.41, 5.74) is 3.35. The third-order valence-electron chi connectivity index (χ3n) is 4.55. The maximum Gasteiger partial charge on any atom is 0.127 e. The van der Waals surface area contributed by atoms with Gasteiger partial charge in [0.2, 0.25) is 0 Å². The van der Waals surface area contributed by atoms with Gasteiger partial charge in [-0.15, -0.1) is 0 Å². The number of rotatable bonds is 6. The van der Waals surface area contributed by atoms with Gasteiger partial charge in [0.1, 0.15) is 5.82 Å². The van der Waals surface area contributed by atoms with Gasteiger partial charge in [-0.2, -0.15) is 0 Å². The maximum absolute atomic E-state index is 5.87. The van der Waals surface area contributed by atoms with Gasteiger partial charge in [0.05, 0.1) is 6.04 Å². The molecule has 1 aromatic rings. The van der Waals surface area contributed by atoms with Gasteiger partial charge in [0.25, 0.3) is 0 Å². The van der Waals surface area contributed by atoms with Crippen LogP contribution >= 0.6 is 0 Å². The molecule has 1 saturated carbocycles. The molecule has 1 aliphatic rings. The SMILES string of the molecule is CCCn1ccnc1C(NN)C1(CC)CCCC1. The summed E-state index contributed by atoms with van der Waals surface area (Å²) < 4.78 is 2.25. The highest BCUT2D eigenvalue weighted by Crippen LogP contribution is 2.49. The Hall–Kier alpha value is -0.870. The lowest BCUT2D eigenvalue weighted by atomic mass is 9.76. The first-order chi connectivity index (χ1) is 8.77. The fourth-order valence-corrected chi connectivity index (χ4v) is 3.46. The number of aromatic nitrogens is 2. The molecule has 0 spiro atoms. The molecule has 0 aromatic carbocycles. The summed E-state index contributed by atoms with van der Waals surface area (Å²) in [5, 5.41) is 0. The molecule has 0 amide bonds. The fourth-order valence-electron chi connectivity index (χ4n) is 3.46. The van der Waals surface area contributed by atoms with E-state index in [-0.39, 0.29) is 6.04 Å². The quantitative estimate of drug-likeness (QED) is 0.603. The van der Waals surface area contributed by atoms with Crippen LogP contribution in [0.3, 0.4) is 0 Å². The molecule has 1 aliphatic carbocycles. The summed E-state index contributed by atoms with van der Waals surface area (Å²) in [6.07, 6.45) is 11.4. The van der Waals surface area contributed by atoms with Crippen molar-refractivity contribution < 1.29 is 0 Å². The minimum atomic E-state index is 0.187. The Kier molecular flexibility index (Phi) is 4.40. The molecular formula is C14H26N4. The lowest BCUT2D eigenvalue weighted by Gasteiger charge is -2.36. The Morgan fingerprint density at radius 1 is 1.44 bits per heavy atom. The van der Waals surface area contributed by atoms with Crippen molar-refractivity contribution in [2.45, 2.75) is 65.0 Å². The Labute approximate surface area is 110 Å². The first-order valence-electron chi connectivity index (χ1n) is 7.24. The van der Waals surface area contributed by atoms with Crippen LogP contribution in [-0.2, 0) is 6.54 Å². The molecule has 0 aliphatic heterocycles. The van der Waals surface area contributed by atoms with Gasteiger partial charge in [-0.25, -0.2) is 10.4 Å². The molecule has 1 atom stereocenters. The average Bonchev–Trinajstić information content (AvgIpc) is 3.02. The number of hydrogen-bond acceptors (Lipinski definition) is 3. The number of hydrogen-bond donors (Lipinski definition) is 2. The molecule has 1 fully saturated rings. The van der Waals surface area contributed by atoms with Crippen LogP contribution in [0.4, 0.5) is 0 Å². The van der Waals surface area contributed by atoms with Crippen molar-refractivity contribution in [2.75, 3.05) is 0 Å². The van der Waals surface area contributed by atoms with Crippen molar-refractivity contribution >= 4 is 0 Å². The number of nitrogens with two attached hydrogens (primary N) is 1. The smallest absolute Gasteiger partial charge is 0.127 e. The zero-order chi connectivity index (χ0) is 13.0. The normalized spacial score (nSPS) is 20.2. The molecule has 3 N–H and O–H groups in total. The van der Waals surface area contributed by atoms with Crippen LogP contribution in [0.1, 0.15) is 64.2 Å². The van der Waals surface area contributed by atoms with Gasteiger partial charge in [-0.1, -0.05) is 26.7 Å². The topological polar surface area (TPSA) is 55.9 Å². The summed E-state index contributed by atoms with van der Waals surface area (Å²) in [4.78, 5) is 4.56. The summed E-state index contributed by atoms with van der Waals surface area (Å²) in [5.74, 6) is 6.98. The number of nitrogens with zero attached hydrogens (tertiary/aromatic N) is 2. The zero-order valence-electron chi connectivity index (χ0n) is 11.7. The predicted molar refractivity (Wildman–Crippen MR) is 73.8 cm³/mol. The van der Waals surface area contributed by atoms with E-state index in [1.807, 2.05) is 6.20 Å². The monoisotopic (exact) mass is 250 g/mol. The van der Waals surface area contributed by atoms with E-state index in [0.29, 0.717) is 5.41 Å². The molecule has 1 aromatic heterocycles. The van der Waals surface area contributed by atoms with Crippen LogP contribution in [0, 0.1) is 5.41 Å². The van der Waals surface area contributed by atoms with E-state index < -0.39 is 0 Å². The molecule has 0 radical (unpaired) electrons. The van der Waals surface area contributed by atoms with Crippen LogP contribution < -0.4 is 11.3 Å². The molecule has 0 bridgehead atoms. The van der Waals surface area contributed by atoms with E-state index in [4.69, 9.17) is 5.84 Å². The lowest BCUT2D eigenvalue weighted by Crippen LogP contribution is -2.41. The highest BCUT2D eigenvalue weighted by Gasteiger charge is 2.41. The van der Waals surface area contributed by atoms with Crippen LogP contribution in [0.2, 0.25) is 0 Å². The maximum atomic E-state index is 5.87. The summed E-state index contributed by atoms with van der Waals surface area (Å²) in [6, 6.07) is 0.187. The first-order valence-corrected chi connectivity index (χ1v) is 7.24. The summed E-state index contributed by atoms with van der Waals surface area (Å²) in [6.45, 7) is 5.50. The molecular weight excluding hydrogens is 224 g/mol. The van der Waals surface area contributed by atoms with Crippen molar-refractivity contribution in [3.63, 3.8) is 0 Å². The summed E-state index contributed by atoms with van der Waals surface area (Å²) in [7, 11) is 0. The van der Waals surface area contributed by atoms with Gasteiger partial charge in [0.15, 0.2) is 0 Å². The Bertz CT molecular complexity index is 366. The molecule has 102 valence electrons. The van der Waals surface area contributed by atoms with Crippen molar-refractivity contribution in [3.05, 3.63) is 18.2 Å². The fraction of sp³-hybridized carbons (Fsp3) is 0.786. The van der Waals surface area contributed by atoms with E-state index >= 15 is 0 Å². The van der Waals surface area contributed by atoms with Gasteiger partial charge < -0.3 is 4.57 Å². The molecule has 1 unspecified atom stereocenters. The second-order valence-electron chi connectivity index (χ2n) is 5.50. The minimum Gasteiger partial charge on any atom is -0.334 e. The summed E-state index contributed by atoms with van der Waals surface area (Å²) >= 11 is 0. The molecule has 18 heavy (non-hydrogen) atoms. The Balaban J connectivity index is 2.29. The van der Waals surface area contributed by atoms with Crippen molar-refractivity contribution in [3.8, 4) is 0 Å². The van der Waals surface area contributed by atoms with Crippen LogP contribution in [0.25, 0.3) is 0 Å². The first kappa shape index (κ1) is 13.6. The standard InChI is InChI=1S/C14H26N4/c1-3-10-18-11-9-16-13(18)12(17-15)14(4-2)7-5-6-8-14/h9,11-12,17H,3-8,10,15H2,1-2H3. The molecule has 4 nitrogen and oxygen atoms in total. The number of nitrogens with one attached hydrogen (secondary N) is 1. The zero-order valence-corrected chi connectivity index (χ0v) is 11.7. The van der Waals surface area contributed by atoms with Gasteiger partial charge in [0, 0.05) is 18.9 Å². The van der Waals surface area contributed by atoms with Gasteiger partial charge in [-0.3, -0.25) is 5.84 Å². The predicted octanol–water partition coefficient (Wildman–Crippen LogP) is 2.77. The Morgan fingerprint density at radius 3 is 2.72 bits per heavy atom. The van der Waals surface area contributed by atoms with E-state index in [1.54, 1.807) is 0 Å². The van der Waals surface area contributed by atoms with E-state index in [9.17, 15) is 0 Å². The lowest BCUT2D eigenvalue weighted by molar-refractivity contribution is 0.176. The number of imidazole rings is 1. The van der Waals surface area contributed by atoms with Crippen molar-refractivity contribution in [2.24, 2.45) is 11.3 Å².